The van der Waals surface area contributed by atoms with E-state index in [1.54, 1.807) is 18.2 Å². The second-order valence-electron chi connectivity index (χ2n) is 7.63. The molecule has 2 radical (unpaired) electrons. The Hall–Kier alpha value is -3.87. The number of carboxylic acid groups (broad SMARTS) is 1. The van der Waals surface area contributed by atoms with Crippen LogP contribution in [0.3, 0.4) is 0 Å². The van der Waals surface area contributed by atoms with E-state index in [1.165, 1.54) is 6.07 Å². The van der Waals surface area contributed by atoms with Crippen molar-refractivity contribution < 1.29 is 57.5 Å². The molecule has 36 heavy (non-hydrogen) atoms. The molecular formula is C23H25BO12. The third-order valence-electron chi connectivity index (χ3n) is 4.68. The summed E-state index contributed by atoms with van der Waals surface area (Å²) in [4.78, 5) is 58.9. The molecule has 5 atom stereocenters. The van der Waals surface area contributed by atoms with Crippen LogP contribution in [0.2, 0.25) is 0 Å². The molecule has 12 nitrogen and oxygen atoms in total. The molecule has 0 amide bonds. The Morgan fingerprint density at radius 3 is 1.94 bits per heavy atom. The monoisotopic (exact) mass is 504 g/mol. The van der Waals surface area contributed by atoms with Crippen LogP contribution in [0.4, 0.5) is 0 Å². The Kier molecular flexibility index (Phi) is 10.0. The minimum absolute atomic E-state index is 0.251. The van der Waals surface area contributed by atoms with Crippen molar-refractivity contribution in [2.45, 2.75) is 58.4 Å². The molecule has 1 aliphatic rings. The summed E-state index contributed by atoms with van der Waals surface area (Å²) in [6.45, 7) is 3.82. The predicted molar refractivity (Wildman–Crippen MR) is 120 cm³/mol. The number of hydrogen-bond acceptors (Lipinski definition) is 11. The highest BCUT2D eigenvalue weighted by molar-refractivity contribution is 6.34. The first-order valence-corrected chi connectivity index (χ1v) is 10.7. The Morgan fingerprint density at radius 1 is 0.861 bits per heavy atom. The first-order valence-electron chi connectivity index (χ1n) is 10.7. The molecule has 1 N–H and O–H groups in total. The molecule has 1 fully saturated rings. The van der Waals surface area contributed by atoms with E-state index in [1.807, 2.05) is 0 Å². The molecule has 2 rings (SSSR count). The maximum absolute atomic E-state index is 12.0. The quantitative estimate of drug-likeness (QED) is 0.158. The van der Waals surface area contributed by atoms with Gasteiger partial charge in [-0.05, 0) is 11.6 Å². The third kappa shape index (κ3) is 8.12. The van der Waals surface area contributed by atoms with Crippen LogP contribution in [0.15, 0.2) is 30.0 Å². The smallest absolute Gasteiger partial charge is 0.371 e. The topological polar surface area (TPSA) is 161 Å². The number of carbonyl (C=O) groups excluding carboxylic acids is 4. The Bertz CT molecular complexity index is 1040. The predicted octanol–water partition coefficient (Wildman–Crippen LogP) is 0.00560. The molecule has 1 aromatic carbocycles. The van der Waals surface area contributed by atoms with Crippen LogP contribution in [-0.2, 0) is 52.4 Å². The van der Waals surface area contributed by atoms with Gasteiger partial charge in [-0.2, -0.15) is 0 Å². The maximum Gasteiger partial charge on any atom is 0.371 e. The van der Waals surface area contributed by atoms with Gasteiger partial charge in [0, 0.05) is 27.7 Å². The van der Waals surface area contributed by atoms with E-state index in [0.29, 0.717) is 5.56 Å². The van der Waals surface area contributed by atoms with Gasteiger partial charge in [-0.3, -0.25) is 19.2 Å². The second kappa shape index (κ2) is 12.7. The van der Waals surface area contributed by atoms with Gasteiger partial charge in [-0.25, -0.2) is 4.79 Å². The van der Waals surface area contributed by atoms with Gasteiger partial charge in [0.05, 0.1) is 0 Å². The first-order chi connectivity index (χ1) is 16.9. The summed E-state index contributed by atoms with van der Waals surface area (Å²) in [5.41, 5.74) is 0.557. The zero-order chi connectivity index (χ0) is 27.0. The highest BCUT2D eigenvalue weighted by Gasteiger charge is 2.53. The molecule has 0 spiro atoms. The van der Waals surface area contributed by atoms with E-state index >= 15 is 0 Å². The van der Waals surface area contributed by atoms with Crippen LogP contribution in [0.25, 0.3) is 6.08 Å². The van der Waals surface area contributed by atoms with Crippen LogP contribution in [0.5, 0.6) is 0 Å². The fourth-order valence-electron chi connectivity index (χ4n) is 3.34. The van der Waals surface area contributed by atoms with E-state index in [-0.39, 0.29) is 5.46 Å². The summed E-state index contributed by atoms with van der Waals surface area (Å²) in [6.07, 6.45) is -6.37. The molecule has 0 unspecified atom stereocenters. The second-order valence-corrected chi connectivity index (χ2v) is 7.63. The molecule has 0 saturated carbocycles. The minimum atomic E-state index is -1.70. The van der Waals surface area contributed by atoms with Crippen molar-refractivity contribution in [2.24, 2.45) is 0 Å². The van der Waals surface area contributed by atoms with Crippen LogP contribution in [0, 0.1) is 0 Å². The minimum Gasteiger partial charge on any atom is -0.475 e. The van der Waals surface area contributed by atoms with Gasteiger partial charge in [0.15, 0.2) is 12.2 Å². The van der Waals surface area contributed by atoms with Gasteiger partial charge in [0.25, 0.3) is 0 Å². The summed E-state index contributed by atoms with van der Waals surface area (Å²) in [5, 5.41) is 9.73. The molecular weight excluding hydrogens is 479 g/mol. The highest BCUT2D eigenvalue weighted by Crippen LogP contribution is 2.31. The van der Waals surface area contributed by atoms with Crippen molar-refractivity contribution in [1.29, 1.82) is 0 Å². The van der Waals surface area contributed by atoms with Gasteiger partial charge in [-0.1, -0.05) is 29.7 Å². The van der Waals surface area contributed by atoms with Gasteiger partial charge >= 0.3 is 29.8 Å². The summed E-state index contributed by atoms with van der Waals surface area (Å²) >= 11 is 0. The molecule has 13 heteroatoms. The summed E-state index contributed by atoms with van der Waals surface area (Å²) in [7, 11) is 5.88. The SMILES string of the molecule is [B]c1ccccc1/C=C(\O[C@H]1O[C@@H](COC(C)=O)[C@@H](OC(C)=O)[C@@H](OC(C)=O)[C@@H]1OC(C)=O)C(=O)O. The third-order valence-corrected chi connectivity index (χ3v) is 4.68. The molecule has 0 aromatic heterocycles. The van der Waals surface area contributed by atoms with Crippen molar-refractivity contribution >= 4 is 49.2 Å². The van der Waals surface area contributed by atoms with Crippen LogP contribution < -0.4 is 5.46 Å². The largest absolute Gasteiger partial charge is 0.475 e. The summed E-state index contributed by atoms with van der Waals surface area (Å²) < 4.78 is 32.1. The molecule has 1 saturated heterocycles. The first kappa shape index (κ1) is 28.4. The number of carbonyl (C=O) groups is 5. The van der Waals surface area contributed by atoms with Gasteiger partial charge in [0.2, 0.25) is 18.2 Å². The number of carboxylic acids is 1. The normalized spacial score (nSPS) is 23.7. The lowest BCUT2D eigenvalue weighted by Crippen LogP contribution is -2.63. The molecule has 0 aliphatic carbocycles. The van der Waals surface area contributed by atoms with Crippen molar-refractivity contribution in [2.75, 3.05) is 6.61 Å². The van der Waals surface area contributed by atoms with Crippen LogP contribution >= 0.6 is 0 Å². The van der Waals surface area contributed by atoms with Gasteiger partial charge in [-0.15, -0.1) is 0 Å². The van der Waals surface area contributed by atoms with Crippen molar-refractivity contribution in [3.8, 4) is 0 Å². The van der Waals surface area contributed by atoms with Crippen LogP contribution in [0.1, 0.15) is 33.3 Å². The number of aliphatic carboxylic acids is 1. The van der Waals surface area contributed by atoms with E-state index < -0.39 is 72.9 Å². The van der Waals surface area contributed by atoms with Crippen LogP contribution in [-0.4, -0.2) is 80.1 Å². The Labute approximate surface area is 207 Å². The van der Waals surface area contributed by atoms with Gasteiger partial charge < -0.3 is 33.5 Å². The zero-order valence-corrected chi connectivity index (χ0v) is 20.0. The molecule has 0 bridgehead atoms. The summed E-state index contributed by atoms with van der Waals surface area (Å²) in [6, 6.07) is 6.35. The van der Waals surface area contributed by atoms with Gasteiger partial charge in [0.1, 0.15) is 20.6 Å². The number of rotatable bonds is 9. The fourth-order valence-corrected chi connectivity index (χ4v) is 3.34. The molecule has 1 aromatic rings. The highest BCUT2D eigenvalue weighted by atomic mass is 16.7. The lowest BCUT2D eigenvalue weighted by molar-refractivity contribution is -0.299. The fraction of sp³-hybridized carbons (Fsp3) is 0.435. The number of ether oxygens (including phenoxy) is 6. The number of benzene rings is 1. The maximum atomic E-state index is 12.0. The van der Waals surface area contributed by atoms with Crippen molar-refractivity contribution in [3.05, 3.63) is 35.6 Å². The molecule has 1 heterocycles. The Morgan fingerprint density at radius 2 is 1.42 bits per heavy atom. The van der Waals surface area contributed by atoms with E-state index in [4.69, 9.17) is 36.3 Å². The van der Waals surface area contributed by atoms with E-state index in [2.05, 4.69) is 0 Å². The van der Waals surface area contributed by atoms with E-state index in [0.717, 1.165) is 33.8 Å². The van der Waals surface area contributed by atoms with Crippen molar-refractivity contribution in [1.82, 2.24) is 0 Å². The average Bonchev–Trinajstić information content (AvgIpc) is 2.76. The average molecular weight is 504 g/mol. The molecule has 192 valence electrons. The number of hydrogen-bond donors (Lipinski definition) is 1. The molecule has 1 aliphatic heterocycles. The number of esters is 4. The lowest BCUT2D eigenvalue weighted by atomic mass is 9.90. The van der Waals surface area contributed by atoms with Crippen molar-refractivity contribution in [3.63, 3.8) is 0 Å². The lowest BCUT2D eigenvalue weighted by Gasteiger charge is -2.43. The standard InChI is InChI=1S/C23H25BO12/c1-11(25)31-10-18-19(32-12(2)26)20(33-13(3)27)21(34-14(4)28)23(36-18)35-17(22(29)30)9-15-7-5-6-8-16(15)24/h5-9,18-21,23H,10H2,1-4H3,(H,29,30)/b17-9-/t18-,19+,20+,21-,23-/m0/s1. The Balaban J connectivity index is 2.55. The summed E-state index contributed by atoms with van der Waals surface area (Å²) in [5.74, 6) is -5.38. The van der Waals surface area contributed by atoms with E-state index in [9.17, 15) is 29.1 Å². The zero-order valence-electron chi connectivity index (χ0n) is 20.0.